The van der Waals surface area contributed by atoms with E-state index in [1.807, 2.05) is 6.20 Å². The van der Waals surface area contributed by atoms with Crippen molar-refractivity contribution in [3.8, 4) is 28.7 Å². The van der Waals surface area contributed by atoms with Gasteiger partial charge in [0.1, 0.15) is 17.3 Å². The molecule has 364 valence electrons. The SMILES string of the molecule is CC(C)(C)c1cc(-[n+]2[c-]n(-c3cc(Oc4ccc5c6cc(C(C)(C)c7ccccc7)ccc6n(-c6cc(C(C)(C)C)ccn6)c5c4)cc(C(C)(C)c4ccccc4)c3)c(C(C)(C)C)c2)cc(C(C)(C)C)c1. The molecule has 5 nitrogen and oxygen atoms in total. The van der Waals surface area contributed by atoms with E-state index in [0.29, 0.717) is 0 Å². The van der Waals surface area contributed by atoms with Crippen molar-refractivity contribution in [2.24, 2.45) is 0 Å². The van der Waals surface area contributed by atoms with Crippen LogP contribution in [0.3, 0.4) is 0 Å². The van der Waals surface area contributed by atoms with Crippen LogP contribution in [0.25, 0.3) is 39.0 Å². The van der Waals surface area contributed by atoms with Gasteiger partial charge < -0.3 is 4.74 Å². The molecule has 3 aromatic heterocycles. The zero-order valence-corrected chi connectivity index (χ0v) is 45.2. The first-order valence-electron chi connectivity index (χ1n) is 25.4. The summed E-state index contributed by atoms with van der Waals surface area (Å²) in [5.74, 6) is 2.38. The lowest BCUT2D eigenvalue weighted by Gasteiger charge is -2.28. The maximum absolute atomic E-state index is 7.18. The number of fused-ring (bicyclic) bond motifs is 3. The van der Waals surface area contributed by atoms with E-state index >= 15 is 0 Å². The van der Waals surface area contributed by atoms with Crippen LogP contribution in [0.4, 0.5) is 0 Å². The molecule has 0 saturated heterocycles. The molecule has 0 amide bonds. The molecule has 71 heavy (non-hydrogen) atoms. The molecule has 0 atom stereocenters. The molecule has 0 unspecified atom stereocenters. The average Bonchev–Trinajstić information content (AvgIpc) is 3.92. The number of aromatic nitrogens is 4. The lowest BCUT2D eigenvalue weighted by molar-refractivity contribution is -0.599. The molecule has 0 aliphatic carbocycles. The number of nitrogens with zero attached hydrogens (tertiary/aromatic N) is 4. The molecule has 0 bridgehead atoms. The first-order chi connectivity index (χ1) is 33.2. The van der Waals surface area contributed by atoms with Crippen molar-refractivity contribution >= 4 is 21.8 Å². The summed E-state index contributed by atoms with van der Waals surface area (Å²) in [4.78, 5) is 5.04. The van der Waals surface area contributed by atoms with Gasteiger partial charge in [-0.3, -0.25) is 13.7 Å². The molecule has 3 heterocycles. The lowest BCUT2D eigenvalue weighted by Crippen LogP contribution is -2.30. The van der Waals surface area contributed by atoms with Crippen molar-refractivity contribution in [3.63, 3.8) is 0 Å². The normalized spacial score (nSPS) is 13.1. The zero-order chi connectivity index (χ0) is 51.1. The van der Waals surface area contributed by atoms with Gasteiger partial charge in [0.2, 0.25) is 0 Å². The van der Waals surface area contributed by atoms with Crippen molar-refractivity contribution in [2.75, 3.05) is 0 Å². The van der Waals surface area contributed by atoms with Gasteiger partial charge in [0, 0.05) is 40.1 Å². The third kappa shape index (κ3) is 9.61. The lowest BCUT2D eigenvalue weighted by atomic mass is 9.78. The van der Waals surface area contributed by atoms with E-state index in [2.05, 4.69) is 283 Å². The van der Waals surface area contributed by atoms with Crippen LogP contribution in [0.1, 0.15) is 155 Å². The Morgan fingerprint density at radius 1 is 0.437 bits per heavy atom. The summed E-state index contributed by atoms with van der Waals surface area (Å²) in [7, 11) is 0. The Hall–Kier alpha value is -6.72. The first-order valence-corrected chi connectivity index (χ1v) is 25.4. The molecule has 0 N–H and O–H groups in total. The van der Waals surface area contributed by atoms with Crippen LogP contribution < -0.4 is 9.30 Å². The topological polar surface area (TPSA) is 35.9 Å². The van der Waals surface area contributed by atoms with Crippen LogP contribution in [0, 0.1) is 6.33 Å². The third-order valence-electron chi connectivity index (χ3n) is 14.8. The van der Waals surface area contributed by atoms with Gasteiger partial charge in [0.15, 0.2) is 0 Å². The largest absolute Gasteiger partial charge is 0.458 e. The first kappa shape index (κ1) is 49.3. The summed E-state index contributed by atoms with van der Waals surface area (Å²) in [6.07, 6.45) is 8.08. The van der Waals surface area contributed by atoms with Gasteiger partial charge >= 0.3 is 0 Å². The van der Waals surface area contributed by atoms with Gasteiger partial charge in [-0.1, -0.05) is 184 Å². The van der Waals surface area contributed by atoms with Crippen molar-refractivity contribution in [3.05, 3.63) is 209 Å². The minimum Gasteiger partial charge on any atom is -0.458 e. The second-order valence-electron chi connectivity index (χ2n) is 25.0. The molecule has 5 heteroatoms. The molecule has 0 saturated carbocycles. The smallest absolute Gasteiger partial charge is 0.269 e. The Morgan fingerprint density at radius 2 is 1.03 bits per heavy atom. The van der Waals surface area contributed by atoms with Crippen LogP contribution in [0.15, 0.2) is 158 Å². The monoisotopic (exact) mass is 939 g/mol. The van der Waals surface area contributed by atoms with Crippen molar-refractivity contribution < 1.29 is 9.30 Å². The van der Waals surface area contributed by atoms with Gasteiger partial charge in [-0.05, 0) is 127 Å². The van der Waals surface area contributed by atoms with E-state index in [0.717, 1.165) is 56.4 Å². The molecule has 0 aliphatic rings. The Kier molecular flexibility index (Phi) is 12.2. The molecular formula is C66H74N4O. The molecule has 0 radical (unpaired) electrons. The minimum absolute atomic E-state index is 0.0256. The van der Waals surface area contributed by atoms with E-state index in [1.165, 1.54) is 38.8 Å². The van der Waals surface area contributed by atoms with Gasteiger partial charge in [-0.2, -0.15) is 0 Å². The number of rotatable bonds is 9. The van der Waals surface area contributed by atoms with Crippen molar-refractivity contribution in [1.29, 1.82) is 0 Å². The average molecular weight is 939 g/mol. The maximum atomic E-state index is 7.18. The molecule has 0 spiro atoms. The minimum atomic E-state index is -0.353. The fourth-order valence-electron chi connectivity index (χ4n) is 9.86. The molecular weight excluding hydrogens is 865 g/mol. The van der Waals surface area contributed by atoms with Crippen molar-refractivity contribution in [1.82, 2.24) is 14.1 Å². The van der Waals surface area contributed by atoms with E-state index in [-0.39, 0.29) is 32.5 Å². The summed E-state index contributed by atoms with van der Waals surface area (Å²) >= 11 is 0. The van der Waals surface area contributed by atoms with E-state index in [1.54, 1.807) is 0 Å². The number of hydrogen-bond acceptors (Lipinski definition) is 2. The summed E-state index contributed by atoms with van der Waals surface area (Å²) in [6, 6.07) is 53.2. The Bertz CT molecular complexity index is 3380. The highest BCUT2D eigenvalue weighted by Gasteiger charge is 2.30. The highest BCUT2D eigenvalue weighted by molar-refractivity contribution is 6.10. The number of benzene rings is 6. The highest BCUT2D eigenvalue weighted by Crippen LogP contribution is 2.42. The molecule has 6 aromatic carbocycles. The fraction of sp³-hybridized carbons (Fsp3) is 0.333. The summed E-state index contributed by atoms with van der Waals surface area (Å²) in [5, 5.41) is 2.32. The van der Waals surface area contributed by atoms with Gasteiger partial charge in [-0.15, -0.1) is 0 Å². The summed E-state index contributed by atoms with van der Waals surface area (Å²) in [6.45, 7) is 36.6. The predicted molar refractivity (Wildman–Crippen MR) is 297 cm³/mol. The number of imidazole rings is 1. The van der Waals surface area contributed by atoms with Crippen molar-refractivity contribution in [2.45, 2.75) is 143 Å². The molecule has 9 rings (SSSR count). The summed E-state index contributed by atoms with van der Waals surface area (Å²) < 4.78 is 13.9. The Labute approximate surface area is 424 Å². The van der Waals surface area contributed by atoms with Crippen LogP contribution >= 0.6 is 0 Å². The number of ether oxygens (including phenoxy) is 1. The fourth-order valence-corrected chi connectivity index (χ4v) is 9.86. The van der Waals surface area contributed by atoms with Crippen LogP contribution in [-0.2, 0) is 32.5 Å². The Balaban J connectivity index is 1.23. The number of hydrogen-bond donors (Lipinski definition) is 0. The Morgan fingerprint density at radius 3 is 1.61 bits per heavy atom. The van der Waals surface area contributed by atoms with E-state index in [4.69, 9.17) is 9.72 Å². The predicted octanol–water partition coefficient (Wildman–Crippen LogP) is 16.7. The van der Waals surface area contributed by atoms with Crippen LogP contribution in [0.2, 0.25) is 0 Å². The maximum Gasteiger partial charge on any atom is 0.269 e. The van der Waals surface area contributed by atoms with Gasteiger partial charge in [0.05, 0.1) is 28.1 Å². The molecule has 9 aromatic rings. The quantitative estimate of drug-likeness (QED) is 0.107. The van der Waals surface area contributed by atoms with Gasteiger partial charge in [0.25, 0.3) is 6.33 Å². The summed E-state index contributed by atoms with van der Waals surface area (Å²) in [5.41, 5.74) is 13.2. The second kappa shape index (κ2) is 17.5. The highest BCUT2D eigenvalue weighted by atomic mass is 16.5. The molecule has 0 aliphatic heterocycles. The molecule has 0 fully saturated rings. The van der Waals surface area contributed by atoms with E-state index in [9.17, 15) is 0 Å². The van der Waals surface area contributed by atoms with Crippen LogP contribution in [-0.4, -0.2) is 14.1 Å². The van der Waals surface area contributed by atoms with Gasteiger partial charge in [-0.25, -0.2) is 4.98 Å². The second-order valence-corrected chi connectivity index (χ2v) is 25.0. The standard InChI is InChI=1S/C66H74N4O/c1-61(2,3)46-31-32-67-60(39-46)70-57-30-27-47(65(13,14)44-23-19-17-20-24-44)38-56(57)55-29-28-53(41-58(55)70)71-54-37-50(66(15,16)45-25-21-18-22-26-45)36-52(40-54)69-43-68(42-59(69)64(10,11)12)51-34-48(62(4,5)6)33-49(35-51)63(7,8)9/h17-42H,1-16H3. The zero-order valence-electron chi connectivity index (χ0n) is 45.2. The van der Waals surface area contributed by atoms with E-state index < -0.39 is 0 Å². The number of pyridine rings is 1. The van der Waals surface area contributed by atoms with Crippen LogP contribution in [0.5, 0.6) is 11.5 Å². The third-order valence-corrected chi connectivity index (χ3v) is 14.8.